The van der Waals surface area contributed by atoms with Gasteiger partial charge in [-0.3, -0.25) is 0 Å². The van der Waals surface area contributed by atoms with E-state index in [1.807, 2.05) is 13.1 Å². The van der Waals surface area contributed by atoms with Crippen molar-refractivity contribution >= 4 is 0 Å². The predicted molar refractivity (Wildman–Crippen MR) is 56.8 cm³/mol. The maximum absolute atomic E-state index is 5.68. The van der Waals surface area contributed by atoms with Gasteiger partial charge in [0.25, 0.3) is 0 Å². The summed E-state index contributed by atoms with van der Waals surface area (Å²) in [6, 6.07) is 0. The van der Waals surface area contributed by atoms with Crippen LogP contribution in [0.5, 0.6) is 0 Å². The molecule has 1 spiro atoms. The van der Waals surface area contributed by atoms with Gasteiger partial charge in [0.05, 0.1) is 12.1 Å². The molecule has 3 rings (SSSR count). The SMILES string of the molecule is Cc1cnc(C2CN(C)CC23CNC3)o1. The van der Waals surface area contributed by atoms with Gasteiger partial charge < -0.3 is 14.6 Å². The van der Waals surface area contributed by atoms with Crippen molar-refractivity contribution in [1.29, 1.82) is 0 Å². The predicted octanol–water partition coefficient (Wildman–Crippen LogP) is 0.602. The van der Waals surface area contributed by atoms with Crippen LogP contribution in [0.15, 0.2) is 10.6 Å². The third kappa shape index (κ3) is 1.32. The monoisotopic (exact) mass is 207 g/mol. The Labute approximate surface area is 89.7 Å². The number of hydrogen-bond donors (Lipinski definition) is 1. The number of oxazole rings is 1. The molecule has 4 nitrogen and oxygen atoms in total. The average molecular weight is 207 g/mol. The molecule has 2 saturated heterocycles. The fourth-order valence-corrected chi connectivity index (χ4v) is 2.90. The zero-order chi connectivity index (χ0) is 10.5. The Kier molecular flexibility index (Phi) is 1.91. The lowest BCUT2D eigenvalue weighted by Crippen LogP contribution is -2.57. The van der Waals surface area contributed by atoms with Crippen molar-refractivity contribution in [3.63, 3.8) is 0 Å². The van der Waals surface area contributed by atoms with E-state index in [1.54, 1.807) is 0 Å². The maximum Gasteiger partial charge on any atom is 0.199 e. The number of hydrogen-bond acceptors (Lipinski definition) is 4. The van der Waals surface area contributed by atoms with Crippen molar-refractivity contribution in [1.82, 2.24) is 15.2 Å². The van der Waals surface area contributed by atoms with Gasteiger partial charge in [0.2, 0.25) is 0 Å². The summed E-state index contributed by atoms with van der Waals surface area (Å²) >= 11 is 0. The molecule has 2 aliphatic rings. The van der Waals surface area contributed by atoms with Crippen LogP contribution in [-0.4, -0.2) is 43.1 Å². The summed E-state index contributed by atoms with van der Waals surface area (Å²) in [4.78, 5) is 6.77. The van der Waals surface area contributed by atoms with Gasteiger partial charge in [-0.2, -0.15) is 0 Å². The molecule has 1 aromatic heterocycles. The highest BCUT2D eigenvalue weighted by molar-refractivity contribution is 5.15. The van der Waals surface area contributed by atoms with Crippen LogP contribution in [0.1, 0.15) is 17.6 Å². The van der Waals surface area contributed by atoms with E-state index in [-0.39, 0.29) is 0 Å². The van der Waals surface area contributed by atoms with E-state index in [0.717, 1.165) is 37.8 Å². The zero-order valence-corrected chi connectivity index (χ0v) is 9.29. The Balaban J connectivity index is 1.91. The van der Waals surface area contributed by atoms with E-state index < -0.39 is 0 Å². The number of likely N-dealkylation sites (N-methyl/N-ethyl adjacent to an activating group) is 1. The van der Waals surface area contributed by atoms with Gasteiger partial charge in [0, 0.05) is 31.6 Å². The highest BCUT2D eigenvalue weighted by Gasteiger charge is 2.52. The van der Waals surface area contributed by atoms with E-state index in [4.69, 9.17) is 4.42 Å². The number of likely N-dealkylation sites (tertiary alicyclic amines) is 1. The van der Waals surface area contributed by atoms with E-state index in [2.05, 4.69) is 22.2 Å². The van der Waals surface area contributed by atoms with Crippen LogP contribution in [0.2, 0.25) is 0 Å². The zero-order valence-electron chi connectivity index (χ0n) is 9.29. The quantitative estimate of drug-likeness (QED) is 0.732. The molecule has 0 saturated carbocycles. The smallest absolute Gasteiger partial charge is 0.199 e. The van der Waals surface area contributed by atoms with Crippen molar-refractivity contribution in [2.75, 3.05) is 33.2 Å². The van der Waals surface area contributed by atoms with Crippen molar-refractivity contribution in [3.8, 4) is 0 Å². The van der Waals surface area contributed by atoms with Crippen molar-refractivity contribution < 1.29 is 4.42 Å². The first-order valence-corrected chi connectivity index (χ1v) is 5.51. The number of rotatable bonds is 1. The van der Waals surface area contributed by atoms with Gasteiger partial charge in [-0.05, 0) is 14.0 Å². The number of nitrogens with zero attached hydrogens (tertiary/aromatic N) is 2. The van der Waals surface area contributed by atoms with Crippen molar-refractivity contribution in [2.45, 2.75) is 12.8 Å². The maximum atomic E-state index is 5.68. The molecule has 2 aliphatic heterocycles. The summed E-state index contributed by atoms with van der Waals surface area (Å²) in [5.74, 6) is 2.32. The van der Waals surface area contributed by atoms with Crippen LogP contribution in [0.25, 0.3) is 0 Å². The lowest BCUT2D eigenvalue weighted by molar-refractivity contribution is 0.144. The standard InChI is InChI=1S/C11H17N3O/c1-8-3-13-10(15-8)9-4-14(2)7-11(9)5-12-6-11/h3,9,12H,4-7H2,1-2H3. The summed E-state index contributed by atoms with van der Waals surface area (Å²) < 4.78 is 5.68. The lowest BCUT2D eigenvalue weighted by Gasteiger charge is -2.42. The molecular weight excluding hydrogens is 190 g/mol. The summed E-state index contributed by atoms with van der Waals surface area (Å²) in [6.45, 7) is 6.39. The topological polar surface area (TPSA) is 41.3 Å². The molecule has 0 aliphatic carbocycles. The average Bonchev–Trinajstić information content (AvgIpc) is 2.67. The van der Waals surface area contributed by atoms with Crippen LogP contribution in [0.4, 0.5) is 0 Å². The van der Waals surface area contributed by atoms with E-state index in [0.29, 0.717) is 11.3 Å². The minimum Gasteiger partial charge on any atom is -0.446 e. The van der Waals surface area contributed by atoms with E-state index in [9.17, 15) is 0 Å². The molecule has 0 amide bonds. The lowest BCUT2D eigenvalue weighted by atomic mass is 9.73. The third-order valence-corrected chi connectivity index (χ3v) is 3.71. The minimum atomic E-state index is 0.381. The second-order valence-electron chi connectivity index (χ2n) is 5.02. The second kappa shape index (κ2) is 3.06. The molecule has 0 aromatic carbocycles. The van der Waals surface area contributed by atoms with Crippen LogP contribution in [0, 0.1) is 12.3 Å². The van der Waals surface area contributed by atoms with Gasteiger partial charge in [-0.25, -0.2) is 4.98 Å². The van der Waals surface area contributed by atoms with Gasteiger partial charge in [0.15, 0.2) is 5.89 Å². The summed E-state index contributed by atoms with van der Waals surface area (Å²) in [5.41, 5.74) is 0.381. The molecule has 0 bridgehead atoms. The highest BCUT2D eigenvalue weighted by Crippen LogP contribution is 2.44. The first-order valence-electron chi connectivity index (χ1n) is 5.51. The summed E-state index contributed by atoms with van der Waals surface area (Å²) in [6.07, 6.45) is 1.83. The molecule has 82 valence electrons. The van der Waals surface area contributed by atoms with E-state index >= 15 is 0 Å². The fraction of sp³-hybridized carbons (Fsp3) is 0.727. The fourth-order valence-electron chi connectivity index (χ4n) is 2.90. The Morgan fingerprint density at radius 2 is 2.40 bits per heavy atom. The Morgan fingerprint density at radius 1 is 1.60 bits per heavy atom. The largest absolute Gasteiger partial charge is 0.446 e. The number of nitrogens with one attached hydrogen (secondary N) is 1. The van der Waals surface area contributed by atoms with Gasteiger partial charge in [-0.1, -0.05) is 0 Å². The Bertz CT molecular complexity index is 370. The van der Waals surface area contributed by atoms with Crippen LogP contribution >= 0.6 is 0 Å². The molecule has 1 unspecified atom stereocenters. The molecule has 1 atom stereocenters. The number of aryl methyl sites for hydroxylation is 1. The summed E-state index contributed by atoms with van der Waals surface area (Å²) in [7, 11) is 2.18. The molecule has 4 heteroatoms. The molecule has 3 heterocycles. The van der Waals surface area contributed by atoms with Crippen LogP contribution in [0.3, 0.4) is 0 Å². The van der Waals surface area contributed by atoms with E-state index in [1.165, 1.54) is 0 Å². The Morgan fingerprint density at radius 3 is 2.93 bits per heavy atom. The summed E-state index contributed by atoms with van der Waals surface area (Å²) in [5, 5.41) is 3.37. The highest BCUT2D eigenvalue weighted by atomic mass is 16.4. The van der Waals surface area contributed by atoms with Crippen molar-refractivity contribution in [3.05, 3.63) is 17.8 Å². The van der Waals surface area contributed by atoms with Gasteiger partial charge in [0.1, 0.15) is 5.76 Å². The molecule has 2 fully saturated rings. The molecule has 1 N–H and O–H groups in total. The van der Waals surface area contributed by atoms with Crippen molar-refractivity contribution in [2.24, 2.45) is 5.41 Å². The molecular formula is C11H17N3O. The minimum absolute atomic E-state index is 0.381. The molecule has 15 heavy (non-hydrogen) atoms. The first-order chi connectivity index (χ1) is 7.20. The molecule has 0 radical (unpaired) electrons. The normalized spacial score (nSPS) is 29.6. The second-order valence-corrected chi connectivity index (χ2v) is 5.02. The van der Waals surface area contributed by atoms with Crippen LogP contribution < -0.4 is 5.32 Å². The van der Waals surface area contributed by atoms with Gasteiger partial charge >= 0.3 is 0 Å². The van der Waals surface area contributed by atoms with Gasteiger partial charge in [-0.15, -0.1) is 0 Å². The third-order valence-electron chi connectivity index (χ3n) is 3.71. The number of aromatic nitrogens is 1. The molecule has 1 aromatic rings. The van der Waals surface area contributed by atoms with Crippen LogP contribution in [-0.2, 0) is 0 Å². The first kappa shape index (κ1) is 9.36. The Hall–Kier alpha value is -0.870.